The molecule has 0 saturated heterocycles. The minimum Gasteiger partial charge on any atom is -0.464 e. The van der Waals surface area contributed by atoms with E-state index < -0.39 is 41.2 Å². The number of esters is 1. The number of halogens is 4. The first-order valence-electron chi connectivity index (χ1n) is 5.09. The number of benzene rings is 1. The molecule has 100 valence electrons. The van der Waals surface area contributed by atoms with E-state index in [2.05, 4.69) is 4.74 Å². The first-order chi connectivity index (χ1) is 8.40. The predicted octanol–water partition coefficient (Wildman–Crippen LogP) is 2.00. The van der Waals surface area contributed by atoms with Gasteiger partial charge in [-0.05, 0) is 13.0 Å². The van der Waals surface area contributed by atoms with E-state index in [4.69, 9.17) is 5.73 Å². The topological polar surface area (TPSA) is 52.3 Å². The van der Waals surface area contributed by atoms with Crippen molar-refractivity contribution in [2.75, 3.05) is 6.61 Å². The zero-order chi connectivity index (χ0) is 13.9. The lowest BCUT2D eigenvalue weighted by molar-refractivity contribution is -0.150. The van der Waals surface area contributed by atoms with Gasteiger partial charge in [0.1, 0.15) is 0 Å². The molecular formula is C11H11F4NO2. The highest BCUT2D eigenvalue weighted by atomic mass is 19.2. The van der Waals surface area contributed by atoms with Gasteiger partial charge in [-0.3, -0.25) is 0 Å². The van der Waals surface area contributed by atoms with E-state index in [9.17, 15) is 22.4 Å². The number of carbonyl (C=O) groups excluding carboxylic acids is 1. The van der Waals surface area contributed by atoms with Crippen LogP contribution in [0.15, 0.2) is 12.1 Å². The van der Waals surface area contributed by atoms with Crippen molar-refractivity contribution < 1.29 is 27.1 Å². The van der Waals surface area contributed by atoms with E-state index in [1.165, 1.54) is 6.92 Å². The van der Waals surface area contributed by atoms with Crippen molar-refractivity contribution in [2.45, 2.75) is 19.1 Å². The van der Waals surface area contributed by atoms with E-state index in [1.54, 1.807) is 0 Å². The van der Waals surface area contributed by atoms with E-state index >= 15 is 0 Å². The molecular weight excluding hydrogens is 254 g/mol. The molecule has 7 heteroatoms. The second-order valence-corrected chi connectivity index (χ2v) is 3.44. The van der Waals surface area contributed by atoms with Crippen LogP contribution < -0.4 is 5.73 Å². The lowest BCUT2D eigenvalue weighted by atomic mass is 10.0. The van der Waals surface area contributed by atoms with Crippen LogP contribution in [0, 0.1) is 17.5 Å². The Morgan fingerprint density at radius 2 is 1.94 bits per heavy atom. The molecule has 0 aliphatic carbocycles. The summed E-state index contributed by atoms with van der Waals surface area (Å²) in [6, 6.07) is -0.380. The van der Waals surface area contributed by atoms with E-state index in [1.807, 2.05) is 0 Å². The van der Waals surface area contributed by atoms with Crippen molar-refractivity contribution in [3.8, 4) is 0 Å². The van der Waals surface area contributed by atoms with Gasteiger partial charge in [0, 0.05) is 5.56 Å². The normalized spacial score (nSPS) is 14.1. The molecule has 3 nitrogen and oxygen atoms in total. The third-order valence-electron chi connectivity index (χ3n) is 2.25. The van der Waals surface area contributed by atoms with E-state index in [-0.39, 0.29) is 6.61 Å². The highest BCUT2D eigenvalue weighted by molar-refractivity contribution is 5.75. The van der Waals surface area contributed by atoms with Crippen molar-refractivity contribution in [2.24, 2.45) is 5.73 Å². The van der Waals surface area contributed by atoms with Crippen LogP contribution in [-0.4, -0.2) is 18.7 Å². The van der Waals surface area contributed by atoms with Crippen molar-refractivity contribution in [3.05, 3.63) is 35.1 Å². The molecule has 1 unspecified atom stereocenters. The lowest BCUT2D eigenvalue weighted by Crippen LogP contribution is -2.32. The van der Waals surface area contributed by atoms with Gasteiger partial charge >= 0.3 is 5.97 Å². The fraction of sp³-hybridized carbons (Fsp3) is 0.364. The average Bonchev–Trinajstić information content (AvgIpc) is 2.35. The van der Waals surface area contributed by atoms with Crippen LogP contribution in [0.5, 0.6) is 0 Å². The summed E-state index contributed by atoms with van der Waals surface area (Å²) in [5.74, 6) is -6.09. The Morgan fingerprint density at radius 3 is 2.50 bits per heavy atom. The number of ether oxygens (including phenoxy) is 1. The van der Waals surface area contributed by atoms with Crippen LogP contribution in [0.2, 0.25) is 0 Å². The molecule has 1 rings (SSSR count). The highest BCUT2D eigenvalue weighted by Crippen LogP contribution is 2.24. The molecule has 0 heterocycles. The first-order valence-corrected chi connectivity index (χ1v) is 5.09. The fourth-order valence-electron chi connectivity index (χ4n) is 1.32. The third-order valence-corrected chi connectivity index (χ3v) is 2.25. The molecule has 18 heavy (non-hydrogen) atoms. The molecule has 0 radical (unpaired) electrons. The summed E-state index contributed by atoms with van der Waals surface area (Å²) in [4.78, 5) is 11.1. The number of carbonyl (C=O) groups is 1. The molecule has 0 aromatic heterocycles. The zero-order valence-electron chi connectivity index (χ0n) is 9.42. The van der Waals surface area contributed by atoms with Crippen LogP contribution in [0.4, 0.5) is 17.6 Å². The summed E-state index contributed by atoms with van der Waals surface area (Å²) in [6.07, 6.45) is -2.36. The van der Waals surface area contributed by atoms with Crippen LogP contribution in [-0.2, 0) is 9.53 Å². The van der Waals surface area contributed by atoms with Crippen molar-refractivity contribution in [1.82, 2.24) is 0 Å². The quantitative estimate of drug-likeness (QED) is 0.514. The lowest BCUT2D eigenvalue weighted by Gasteiger charge is -2.16. The van der Waals surface area contributed by atoms with Gasteiger partial charge in [-0.1, -0.05) is 6.07 Å². The smallest absolute Gasteiger partial charge is 0.342 e. The van der Waals surface area contributed by atoms with Crippen LogP contribution in [0.1, 0.15) is 18.5 Å². The molecule has 0 bridgehead atoms. The molecule has 2 atom stereocenters. The SMILES string of the molecule is CCOC(=O)C(F)[C@@H](N)c1ccc(F)c(F)c1F. The van der Waals surface area contributed by atoms with Gasteiger partial charge in [-0.2, -0.15) is 0 Å². The predicted molar refractivity (Wildman–Crippen MR) is 54.8 cm³/mol. The Balaban J connectivity index is 3.00. The first kappa shape index (κ1) is 14.4. The molecule has 0 aliphatic rings. The molecule has 0 spiro atoms. The molecule has 0 fully saturated rings. The Bertz CT molecular complexity index is 453. The summed E-state index contributed by atoms with van der Waals surface area (Å²) >= 11 is 0. The van der Waals surface area contributed by atoms with Crippen molar-refractivity contribution >= 4 is 5.97 Å². The largest absolute Gasteiger partial charge is 0.464 e. The maximum Gasteiger partial charge on any atom is 0.342 e. The molecule has 1 aromatic carbocycles. The molecule has 0 saturated carbocycles. The van der Waals surface area contributed by atoms with Crippen LogP contribution >= 0.6 is 0 Å². The summed E-state index contributed by atoms with van der Waals surface area (Å²) in [6.45, 7) is 1.38. The van der Waals surface area contributed by atoms with E-state index in [0.29, 0.717) is 6.07 Å². The van der Waals surface area contributed by atoms with Gasteiger partial charge in [-0.15, -0.1) is 0 Å². The number of rotatable bonds is 4. The van der Waals surface area contributed by atoms with Crippen molar-refractivity contribution in [3.63, 3.8) is 0 Å². The molecule has 0 aliphatic heterocycles. The maximum atomic E-state index is 13.5. The Kier molecular flexibility index (Phi) is 4.66. The second kappa shape index (κ2) is 5.81. The average molecular weight is 265 g/mol. The highest BCUT2D eigenvalue weighted by Gasteiger charge is 2.31. The van der Waals surface area contributed by atoms with Gasteiger partial charge in [-0.25, -0.2) is 22.4 Å². The monoisotopic (exact) mass is 265 g/mol. The Hall–Kier alpha value is -1.63. The standard InChI is InChI=1S/C11H11F4NO2/c1-2-18-11(17)9(15)10(16)5-3-4-6(12)8(14)7(5)13/h3-4,9-10H,2,16H2,1H3/t9?,10-/m0/s1. The number of alkyl halides is 1. The number of hydrogen-bond donors (Lipinski definition) is 1. The summed E-state index contributed by atoms with van der Waals surface area (Å²) < 4.78 is 56.7. The third kappa shape index (κ3) is 2.79. The second-order valence-electron chi connectivity index (χ2n) is 3.44. The molecule has 2 N–H and O–H groups in total. The van der Waals surface area contributed by atoms with Gasteiger partial charge in [0.25, 0.3) is 0 Å². The van der Waals surface area contributed by atoms with E-state index in [0.717, 1.165) is 6.07 Å². The minimum atomic E-state index is -2.36. The number of nitrogens with two attached hydrogens (primary N) is 1. The van der Waals surface area contributed by atoms with Gasteiger partial charge in [0.05, 0.1) is 12.6 Å². The molecule has 1 aromatic rings. The molecule has 0 amide bonds. The zero-order valence-corrected chi connectivity index (χ0v) is 9.42. The van der Waals surface area contributed by atoms with Gasteiger partial charge < -0.3 is 10.5 Å². The minimum absolute atomic E-state index is 0.0771. The number of hydrogen-bond acceptors (Lipinski definition) is 3. The summed E-state index contributed by atoms with van der Waals surface area (Å²) in [7, 11) is 0. The van der Waals surface area contributed by atoms with Crippen LogP contribution in [0.3, 0.4) is 0 Å². The Morgan fingerprint density at radius 1 is 1.33 bits per heavy atom. The maximum absolute atomic E-state index is 13.5. The Labute approximate surface area is 101 Å². The summed E-state index contributed by atoms with van der Waals surface area (Å²) in [5.41, 5.74) is 4.65. The fourth-order valence-corrected chi connectivity index (χ4v) is 1.32. The summed E-state index contributed by atoms with van der Waals surface area (Å²) in [5, 5.41) is 0. The van der Waals surface area contributed by atoms with Crippen LogP contribution in [0.25, 0.3) is 0 Å². The van der Waals surface area contributed by atoms with Gasteiger partial charge in [0.2, 0.25) is 6.17 Å². The van der Waals surface area contributed by atoms with Crippen molar-refractivity contribution in [1.29, 1.82) is 0 Å². The van der Waals surface area contributed by atoms with Gasteiger partial charge in [0.15, 0.2) is 17.5 Å².